The molecule has 0 saturated heterocycles. The standard InChI is InChI=1S/C9H17NO4S/c11-5-3-1-2-4-10-8(12)6-15-7-9(13)14/h11H,1-7H2,(H,10,12)(H,13,14). The zero-order chi connectivity index (χ0) is 11.5. The van der Waals surface area contributed by atoms with Crippen LogP contribution < -0.4 is 5.32 Å². The van der Waals surface area contributed by atoms with Crippen LogP contribution >= 0.6 is 11.8 Å². The first-order chi connectivity index (χ1) is 7.16. The second kappa shape index (κ2) is 9.79. The number of unbranched alkanes of at least 4 members (excludes halogenated alkanes) is 2. The maximum absolute atomic E-state index is 11.1. The molecular formula is C9H17NO4S. The van der Waals surface area contributed by atoms with E-state index < -0.39 is 5.97 Å². The minimum Gasteiger partial charge on any atom is -0.481 e. The number of thioether (sulfide) groups is 1. The van der Waals surface area contributed by atoms with Crippen molar-refractivity contribution in [2.75, 3.05) is 24.7 Å². The Hall–Kier alpha value is -0.750. The highest BCUT2D eigenvalue weighted by molar-refractivity contribution is 8.00. The highest BCUT2D eigenvalue weighted by Gasteiger charge is 2.02. The number of carboxylic acid groups (broad SMARTS) is 1. The molecule has 0 saturated carbocycles. The Balaban J connectivity index is 3.22. The average Bonchev–Trinajstić information content (AvgIpc) is 2.17. The fourth-order valence-corrected chi connectivity index (χ4v) is 1.49. The van der Waals surface area contributed by atoms with Gasteiger partial charge in [-0.25, -0.2) is 0 Å². The van der Waals surface area contributed by atoms with Crippen LogP contribution in [0.1, 0.15) is 19.3 Å². The van der Waals surface area contributed by atoms with Crippen LogP contribution in [0.15, 0.2) is 0 Å². The van der Waals surface area contributed by atoms with Crippen molar-refractivity contribution in [3.05, 3.63) is 0 Å². The molecule has 0 aromatic heterocycles. The summed E-state index contributed by atoms with van der Waals surface area (Å²) in [4.78, 5) is 21.2. The van der Waals surface area contributed by atoms with Crippen molar-refractivity contribution in [3.8, 4) is 0 Å². The van der Waals surface area contributed by atoms with E-state index >= 15 is 0 Å². The summed E-state index contributed by atoms with van der Waals surface area (Å²) in [5.41, 5.74) is 0. The van der Waals surface area contributed by atoms with Crippen molar-refractivity contribution < 1.29 is 19.8 Å². The molecule has 1 amide bonds. The Labute approximate surface area is 93.2 Å². The van der Waals surface area contributed by atoms with Gasteiger partial charge in [-0.05, 0) is 19.3 Å². The van der Waals surface area contributed by atoms with E-state index in [2.05, 4.69) is 5.32 Å². The largest absolute Gasteiger partial charge is 0.481 e. The molecule has 0 aliphatic carbocycles. The Kier molecular flexibility index (Phi) is 9.30. The van der Waals surface area contributed by atoms with Gasteiger partial charge in [-0.15, -0.1) is 11.8 Å². The molecule has 6 heteroatoms. The Bertz CT molecular complexity index is 199. The molecule has 0 aliphatic rings. The summed E-state index contributed by atoms with van der Waals surface area (Å²) in [7, 11) is 0. The van der Waals surface area contributed by atoms with Gasteiger partial charge in [0.05, 0.1) is 11.5 Å². The molecule has 0 aromatic carbocycles. The molecule has 3 N–H and O–H groups in total. The van der Waals surface area contributed by atoms with Crippen LogP contribution in [-0.4, -0.2) is 46.7 Å². The van der Waals surface area contributed by atoms with Gasteiger partial charge in [-0.1, -0.05) is 0 Å². The molecule has 0 unspecified atom stereocenters. The number of aliphatic carboxylic acids is 1. The quantitative estimate of drug-likeness (QED) is 0.493. The van der Waals surface area contributed by atoms with Crippen LogP contribution in [0, 0.1) is 0 Å². The molecule has 15 heavy (non-hydrogen) atoms. The average molecular weight is 235 g/mol. The highest BCUT2D eigenvalue weighted by Crippen LogP contribution is 1.98. The lowest BCUT2D eigenvalue weighted by Crippen LogP contribution is -2.26. The van der Waals surface area contributed by atoms with Gasteiger partial charge in [-0.3, -0.25) is 9.59 Å². The fraction of sp³-hybridized carbons (Fsp3) is 0.778. The minimum atomic E-state index is -0.907. The van der Waals surface area contributed by atoms with E-state index in [1.807, 2.05) is 0 Å². The van der Waals surface area contributed by atoms with Gasteiger partial charge in [0, 0.05) is 13.2 Å². The molecule has 0 radical (unpaired) electrons. The number of carbonyl (C=O) groups excluding carboxylic acids is 1. The molecule has 0 heterocycles. The van der Waals surface area contributed by atoms with Crippen molar-refractivity contribution in [1.82, 2.24) is 5.32 Å². The summed E-state index contributed by atoms with van der Waals surface area (Å²) in [6.07, 6.45) is 2.48. The van der Waals surface area contributed by atoms with Gasteiger partial charge >= 0.3 is 5.97 Å². The van der Waals surface area contributed by atoms with E-state index in [1.165, 1.54) is 0 Å². The summed E-state index contributed by atoms with van der Waals surface area (Å²) >= 11 is 1.09. The topological polar surface area (TPSA) is 86.6 Å². The molecule has 0 spiro atoms. The summed E-state index contributed by atoms with van der Waals surface area (Å²) < 4.78 is 0. The van der Waals surface area contributed by atoms with Crippen LogP contribution in [0.5, 0.6) is 0 Å². The normalized spacial score (nSPS) is 9.93. The molecule has 0 atom stereocenters. The van der Waals surface area contributed by atoms with Crippen LogP contribution in [0.25, 0.3) is 0 Å². The number of amides is 1. The van der Waals surface area contributed by atoms with E-state index in [4.69, 9.17) is 10.2 Å². The molecule has 88 valence electrons. The second-order valence-electron chi connectivity index (χ2n) is 3.02. The SMILES string of the molecule is O=C(O)CSCC(=O)NCCCCCO. The number of rotatable bonds is 9. The maximum atomic E-state index is 11.1. The maximum Gasteiger partial charge on any atom is 0.313 e. The Morgan fingerprint density at radius 2 is 1.87 bits per heavy atom. The number of aliphatic hydroxyl groups is 1. The fourth-order valence-electron chi connectivity index (χ4n) is 0.923. The van der Waals surface area contributed by atoms with Crippen molar-refractivity contribution in [2.45, 2.75) is 19.3 Å². The number of aliphatic hydroxyl groups excluding tert-OH is 1. The highest BCUT2D eigenvalue weighted by atomic mass is 32.2. The third-order valence-corrected chi connectivity index (χ3v) is 2.53. The Morgan fingerprint density at radius 3 is 2.47 bits per heavy atom. The van der Waals surface area contributed by atoms with Gasteiger partial charge in [0.25, 0.3) is 0 Å². The first-order valence-corrected chi connectivity index (χ1v) is 5.99. The first kappa shape index (κ1) is 14.2. The van der Waals surface area contributed by atoms with Crippen molar-refractivity contribution >= 4 is 23.6 Å². The van der Waals surface area contributed by atoms with Gasteiger partial charge in [0.1, 0.15) is 0 Å². The van der Waals surface area contributed by atoms with Crippen molar-refractivity contribution in [1.29, 1.82) is 0 Å². The number of carboxylic acids is 1. The molecule has 0 aromatic rings. The molecule has 0 bridgehead atoms. The third kappa shape index (κ3) is 11.2. The predicted octanol–water partition coefficient (Wildman–Crippen LogP) is 0.0830. The van der Waals surface area contributed by atoms with Crippen LogP contribution in [0.3, 0.4) is 0 Å². The lowest BCUT2D eigenvalue weighted by molar-refractivity contribution is -0.133. The van der Waals surface area contributed by atoms with E-state index in [-0.39, 0.29) is 24.0 Å². The lowest BCUT2D eigenvalue weighted by atomic mass is 10.2. The smallest absolute Gasteiger partial charge is 0.313 e. The van der Waals surface area contributed by atoms with Gasteiger partial charge in [0.15, 0.2) is 0 Å². The molecule has 5 nitrogen and oxygen atoms in total. The molecule has 0 aliphatic heterocycles. The first-order valence-electron chi connectivity index (χ1n) is 4.84. The summed E-state index contributed by atoms with van der Waals surface area (Å²) in [5.74, 6) is -0.898. The van der Waals surface area contributed by atoms with E-state index in [1.54, 1.807) is 0 Å². The Morgan fingerprint density at radius 1 is 1.13 bits per heavy atom. The van der Waals surface area contributed by atoms with Gasteiger partial charge in [-0.2, -0.15) is 0 Å². The van der Waals surface area contributed by atoms with Crippen LogP contribution in [0.4, 0.5) is 0 Å². The minimum absolute atomic E-state index is 0.0437. The van der Waals surface area contributed by atoms with E-state index in [0.29, 0.717) is 6.54 Å². The summed E-state index contributed by atoms with van der Waals surface area (Å²) in [5, 5.41) is 19.5. The zero-order valence-electron chi connectivity index (χ0n) is 8.57. The number of hydrogen-bond acceptors (Lipinski definition) is 4. The lowest BCUT2D eigenvalue weighted by Gasteiger charge is -2.03. The summed E-state index contributed by atoms with van der Waals surface area (Å²) in [6, 6.07) is 0. The predicted molar refractivity (Wildman–Crippen MR) is 58.9 cm³/mol. The van der Waals surface area contributed by atoms with E-state index in [0.717, 1.165) is 31.0 Å². The zero-order valence-corrected chi connectivity index (χ0v) is 9.39. The summed E-state index contributed by atoms with van der Waals surface area (Å²) in [6.45, 7) is 0.773. The second-order valence-corrected chi connectivity index (χ2v) is 4.01. The molecular weight excluding hydrogens is 218 g/mol. The third-order valence-electron chi connectivity index (χ3n) is 1.62. The van der Waals surface area contributed by atoms with Crippen molar-refractivity contribution in [3.63, 3.8) is 0 Å². The van der Waals surface area contributed by atoms with E-state index in [9.17, 15) is 9.59 Å². The van der Waals surface area contributed by atoms with Gasteiger partial charge < -0.3 is 15.5 Å². The molecule has 0 rings (SSSR count). The number of carbonyl (C=O) groups is 2. The van der Waals surface area contributed by atoms with Crippen LogP contribution in [0.2, 0.25) is 0 Å². The van der Waals surface area contributed by atoms with Gasteiger partial charge in [0.2, 0.25) is 5.91 Å². The monoisotopic (exact) mass is 235 g/mol. The number of nitrogens with one attached hydrogen (secondary N) is 1. The number of hydrogen-bond donors (Lipinski definition) is 3. The molecule has 0 fully saturated rings. The van der Waals surface area contributed by atoms with Crippen LogP contribution in [-0.2, 0) is 9.59 Å². The van der Waals surface area contributed by atoms with Crippen molar-refractivity contribution in [2.24, 2.45) is 0 Å².